The van der Waals surface area contributed by atoms with Crippen molar-refractivity contribution in [2.75, 3.05) is 6.54 Å². The topological polar surface area (TPSA) is 104 Å². The van der Waals surface area contributed by atoms with Crippen molar-refractivity contribution in [2.45, 2.75) is 31.5 Å². The molecule has 0 aromatic heterocycles. The fourth-order valence-corrected chi connectivity index (χ4v) is 0.775. The maximum Gasteiger partial charge on any atom is 0.0344 e. The van der Waals surface area contributed by atoms with E-state index < -0.39 is 0 Å². The van der Waals surface area contributed by atoms with Crippen molar-refractivity contribution in [1.29, 1.82) is 0 Å². The molecule has 0 aliphatic heterocycles. The summed E-state index contributed by atoms with van der Waals surface area (Å²) in [4.78, 5) is 0. The van der Waals surface area contributed by atoms with Gasteiger partial charge in [-0.1, -0.05) is 0 Å². The molecule has 4 nitrogen and oxygen atoms in total. The molecule has 0 heterocycles. The Morgan fingerprint density at radius 1 is 1.20 bits per heavy atom. The van der Waals surface area contributed by atoms with Crippen LogP contribution in [0.1, 0.15) is 13.3 Å². The van der Waals surface area contributed by atoms with E-state index in [-0.39, 0.29) is 18.1 Å². The van der Waals surface area contributed by atoms with Gasteiger partial charge in [0.15, 0.2) is 0 Å². The summed E-state index contributed by atoms with van der Waals surface area (Å²) in [6.45, 7) is 2.42. The van der Waals surface area contributed by atoms with Crippen LogP contribution in [0, 0.1) is 0 Å². The van der Waals surface area contributed by atoms with Crippen LogP contribution >= 0.6 is 0 Å². The van der Waals surface area contributed by atoms with Crippen molar-refractivity contribution < 1.29 is 0 Å². The molecule has 0 saturated heterocycles. The molecule has 0 aliphatic carbocycles. The Labute approximate surface area is 61.9 Å². The molecule has 0 amide bonds. The van der Waals surface area contributed by atoms with Crippen molar-refractivity contribution in [1.82, 2.24) is 0 Å². The van der Waals surface area contributed by atoms with Crippen LogP contribution in [0.15, 0.2) is 0 Å². The monoisotopic (exact) mass is 146 g/mol. The molecular formula is C6H18N4. The molecule has 0 spiro atoms. The fourth-order valence-electron chi connectivity index (χ4n) is 0.775. The van der Waals surface area contributed by atoms with Crippen LogP contribution in [0.2, 0.25) is 0 Å². The zero-order valence-corrected chi connectivity index (χ0v) is 6.46. The molecule has 4 heteroatoms. The highest BCUT2D eigenvalue weighted by atomic mass is 14.8. The largest absolute Gasteiger partial charge is 0.330 e. The van der Waals surface area contributed by atoms with E-state index in [0.717, 1.165) is 6.42 Å². The van der Waals surface area contributed by atoms with Crippen molar-refractivity contribution >= 4 is 0 Å². The summed E-state index contributed by atoms with van der Waals surface area (Å²) in [5.41, 5.74) is 22.1. The summed E-state index contributed by atoms with van der Waals surface area (Å²) in [6.07, 6.45) is 0.739. The van der Waals surface area contributed by atoms with Gasteiger partial charge in [0.2, 0.25) is 0 Å². The fraction of sp³-hybridized carbons (Fsp3) is 1.00. The maximum atomic E-state index is 5.64. The van der Waals surface area contributed by atoms with Gasteiger partial charge in [-0.3, -0.25) is 0 Å². The second-order valence-electron chi connectivity index (χ2n) is 2.68. The molecular weight excluding hydrogens is 128 g/mol. The second-order valence-corrected chi connectivity index (χ2v) is 2.68. The highest BCUT2D eigenvalue weighted by Crippen LogP contribution is 1.94. The molecule has 0 aromatic rings. The number of rotatable bonds is 4. The summed E-state index contributed by atoms with van der Waals surface area (Å²) in [5.74, 6) is 0. The quantitative estimate of drug-likeness (QED) is 0.381. The van der Waals surface area contributed by atoms with E-state index in [2.05, 4.69) is 0 Å². The molecule has 0 bridgehead atoms. The molecule has 3 atom stereocenters. The molecule has 0 saturated carbocycles. The summed E-state index contributed by atoms with van der Waals surface area (Å²) in [6, 6.07) is -0.255. The first-order valence-electron chi connectivity index (χ1n) is 3.56. The summed E-state index contributed by atoms with van der Waals surface area (Å²) < 4.78 is 0. The first-order valence-corrected chi connectivity index (χ1v) is 3.56. The minimum absolute atomic E-state index is 0.0541. The van der Waals surface area contributed by atoms with Gasteiger partial charge in [0.25, 0.3) is 0 Å². The Bertz CT molecular complexity index is 83.8. The van der Waals surface area contributed by atoms with Gasteiger partial charge in [0.1, 0.15) is 0 Å². The van der Waals surface area contributed by atoms with Crippen molar-refractivity contribution in [3.8, 4) is 0 Å². The van der Waals surface area contributed by atoms with E-state index in [1.165, 1.54) is 0 Å². The van der Waals surface area contributed by atoms with E-state index in [1.807, 2.05) is 6.92 Å². The Morgan fingerprint density at radius 3 is 2.00 bits per heavy atom. The van der Waals surface area contributed by atoms with Gasteiger partial charge in [0.05, 0.1) is 0 Å². The molecule has 8 N–H and O–H groups in total. The van der Waals surface area contributed by atoms with E-state index in [1.54, 1.807) is 0 Å². The van der Waals surface area contributed by atoms with E-state index in [0.29, 0.717) is 6.54 Å². The lowest BCUT2D eigenvalue weighted by molar-refractivity contribution is 0.445. The van der Waals surface area contributed by atoms with Crippen LogP contribution in [0.3, 0.4) is 0 Å². The minimum Gasteiger partial charge on any atom is -0.330 e. The van der Waals surface area contributed by atoms with Gasteiger partial charge in [-0.05, 0) is 19.9 Å². The molecule has 0 aliphatic rings. The Kier molecular flexibility index (Phi) is 4.55. The minimum atomic E-state index is -0.136. The third-order valence-corrected chi connectivity index (χ3v) is 1.60. The third kappa shape index (κ3) is 3.12. The Hall–Kier alpha value is -0.160. The van der Waals surface area contributed by atoms with Gasteiger partial charge in [-0.25, -0.2) is 0 Å². The first kappa shape index (κ1) is 9.84. The summed E-state index contributed by atoms with van der Waals surface area (Å²) in [7, 11) is 0. The average molecular weight is 146 g/mol. The lowest BCUT2D eigenvalue weighted by Gasteiger charge is -2.22. The standard InChI is InChI=1S/C6H18N4/c1-4(8)6(10)5(9)2-3-7/h4-6H,2-3,7-10H2,1H3. The molecule has 3 unspecified atom stereocenters. The zero-order valence-electron chi connectivity index (χ0n) is 6.46. The number of hydrogen-bond acceptors (Lipinski definition) is 4. The molecule has 0 fully saturated rings. The van der Waals surface area contributed by atoms with Gasteiger partial charge >= 0.3 is 0 Å². The van der Waals surface area contributed by atoms with Crippen LogP contribution in [0.25, 0.3) is 0 Å². The third-order valence-electron chi connectivity index (χ3n) is 1.60. The van der Waals surface area contributed by atoms with Crippen LogP contribution in [-0.2, 0) is 0 Å². The van der Waals surface area contributed by atoms with Gasteiger partial charge in [-0.15, -0.1) is 0 Å². The predicted molar refractivity (Wildman–Crippen MR) is 43.3 cm³/mol. The first-order chi connectivity index (χ1) is 4.59. The highest BCUT2D eigenvalue weighted by molar-refractivity contribution is 4.82. The van der Waals surface area contributed by atoms with Crippen molar-refractivity contribution in [2.24, 2.45) is 22.9 Å². The van der Waals surface area contributed by atoms with Crippen molar-refractivity contribution in [3.05, 3.63) is 0 Å². The smallest absolute Gasteiger partial charge is 0.0344 e. The Morgan fingerprint density at radius 2 is 1.70 bits per heavy atom. The molecule has 0 radical (unpaired) electrons. The zero-order chi connectivity index (χ0) is 8.15. The maximum absolute atomic E-state index is 5.64. The predicted octanol–water partition coefficient (Wildman–Crippen LogP) is -1.66. The Balaban J connectivity index is 3.58. The normalized spacial score (nSPS) is 20.1. The summed E-state index contributed by atoms with van der Waals surface area (Å²) >= 11 is 0. The van der Waals surface area contributed by atoms with Crippen LogP contribution in [0.5, 0.6) is 0 Å². The lowest BCUT2D eigenvalue weighted by atomic mass is 10.0. The van der Waals surface area contributed by atoms with E-state index >= 15 is 0 Å². The van der Waals surface area contributed by atoms with Gasteiger partial charge in [0, 0.05) is 18.1 Å². The number of nitrogens with two attached hydrogens (primary N) is 4. The van der Waals surface area contributed by atoms with Crippen LogP contribution in [-0.4, -0.2) is 24.7 Å². The lowest BCUT2D eigenvalue weighted by Crippen LogP contribution is -2.52. The summed E-state index contributed by atoms with van der Waals surface area (Å²) in [5, 5.41) is 0. The van der Waals surface area contributed by atoms with E-state index in [9.17, 15) is 0 Å². The molecule has 0 rings (SSSR count). The second kappa shape index (κ2) is 4.62. The molecule has 10 heavy (non-hydrogen) atoms. The van der Waals surface area contributed by atoms with E-state index in [4.69, 9.17) is 22.9 Å². The highest BCUT2D eigenvalue weighted by Gasteiger charge is 2.15. The average Bonchev–Trinajstić information content (AvgIpc) is 1.87. The van der Waals surface area contributed by atoms with Crippen molar-refractivity contribution in [3.63, 3.8) is 0 Å². The van der Waals surface area contributed by atoms with Gasteiger partial charge < -0.3 is 22.9 Å². The van der Waals surface area contributed by atoms with Gasteiger partial charge in [-0.2, -0.15) is 0 Å². The van der Waals surface area contributed by atoms with Crippen LogP contribution in [0.4, 0.5) is 0 Å². The van der Waals surface area contributed by atoms with Crippen LogP contribution < -0.4 is 22.9 Å². The number of hydrogen-bond donors (Lipinski definition) is 4. The molecule has 0 aromatic carbocycles. The SMILES string of the molecule is CC(N)C(N)C(N)CCN. The molecule has 62 valence electrons.